The second-order valence-corrected chi connectivity index (χ2v) is 8.81. The zero-order valence-corrected chi connectivity index (χ0v) is 20.0. The van der Waals surface area contributed by atoms with Crippen molar-refractivity contribution in [2.24, 2.45) is 5.92 Å². The second-order valence-electron chi connectivity index (χ2n) is 7.55. The van der Waals surface area contributed by atoms with Crippen molar-refractivity contribution in [3.05, 3.63) is 52.0 Å². The fourth-order valence-corrected chi connectivity index (χ4v) is 3.54. The SMILES string of the molecule is CCCCOc1ccc(C(=O)NC(=S)Nc2ccc(C)c(NC(=O)C3CC3)c2)cc1Br. The van der Waals surface area contributed by atoms with Crippen LogP contribution in [0.25, 0.3) is 0 Å². The Balaban J connectivity index is 1.58. The molecule has 2 aromatic carbocycles. The molecule has 0 heterocycles. The summed E-state index contributed by atoms with van der Waals surface area (Å²) in [7, 11) is 0. The predicted molar refractivity (Wildman–Crippen MR) is 131 cm³/mol. The van der Waals surface area contributed by atoms with Crippen molar-refractivity contribution >= 4 is 56.4 Å². The van der Waals surface area contributed by atoms with E-state index < -0.39 is 0 Å². The van der Waals surface area contributed by atoms with Crippen LogP contribution in [-0.2, 0) is 4.79 Å². The number of ether oxygens (including phenoxy) is 1. The van der Waals surface area contributed by atoms with Crippen LogP contribution in [0.2, 0.25) is 0 Å². The number of nitrogens with one attached hydrogen (secondary N) is 3. The van der Waals surface area contributed by atoms with Gasteiger partial charge in [0.2, 0.25) is 5.91 Å². The predicted octanol–water partition coefficient (Wildman–Crippen LogP) is 5.41. The lowest BCUT2D eigenvalue weighted by Gasteiger charge is -2.14. The van der Waals surface area contributed by atoms with E-state index in [1.807, 2.05) is 25.1 Å². The minimum Gasteiger partial charge on any atom is -0.492 e. The molecular formula is C23H26BrN3O3S. The largest absolute Gasteiger partial charge is 0.492 e. The van der Waals surface area contributed by atoms with E-state index in [0.717, 1.165) is 36.9 Å². The van der Waals surface area contributed by atoms with Gasteiger partial charge < -0.3 is 15.4 Å². The fourth-order valence-electron chi connectivity index (χ4n) is 2.84. The molecule has 0 atom stereocenters. The molecule has 1 saturated carbocycles. The van der Waals surface area contributed by atoms with Crippen molar-refractivity contribution in [3.8, 4) is 5.75 Å². The first kappa shape index (κ1) is 23.2. The second kappa shape index (κ2) is 10.7. The van der Waals surface area contributed by atoms with Gasteiger partial charge in [-0.25, -0.2) is 0 Å². The van der Waals surface area contributed by atoms with Crippen LogP contribution in [0.15, 0.2) is 40.9 Å². The van der Waals surface area contributed by atoms with Crippen molar-refractivity contribution in [1.82, 2.24) is 5.32 Å². The van der Waals surface area contributed by atoms with Crippen LogP contribution in [0.4, 0.5) is 11.4 Å². The number of amides is 2. The monoisotopic (exact) mass is 503 g/mol. The Bertz CT molecular complexity index is 992. The van der Waals surface area contributed by atoms with Gasteiger partial charge in [0.15, 0.2) is 5.11 Å². The number of carbonyl (C=O) groups is 2. The molecule has 3 N–H and O–H groups in total. The van der Waals surface area contributed by atoms with Gasteiger partial charge in [0, 0.05) is 22.9 Å². The molecule has 0 unspecified atom stereocenters. The molecule has 0 radical (unpaired) electrons. The number of aryl methyl sites for hydroxylation is 1. The van der Waals surface area contributed by atoms with E-state index in [1.54, 1.807) is 18.2 Å². The van der Waals surface area contributed by atoms with Crippen LogP contribution in [-0.4, -0.2) is 23.5 Å². The maximum Gasteiger partial charge on any atom is 0.257 e. The van der Waals surface area contributed by atoms with E-state index in [2.05, 4.69) is 38.8 Å². The first-order chi connectivity index (χ1) is 14.9. The Hall–Kier alpha value is -2.45. The average molecular weight is 504 g/mol. The molecule has 1 aliphatic rings. The molecule has 3 rings (SSSR count). The first-order valence-corrected chi connectivity index (χ1v) is 11.5. The number of rotatable bonds is 8. The molecule has 31 heavy (non-hydrogen) atoms. The number of halogens is 1. The number of carbonyl (C=O) groups excluding carboxylic acids is 2. The summed E-state index contributed by atoms with van der Waals surface area (Å²) in [6.45, 7) is 4.67. The highest BCUT2D eigenvalue weighted by atomic mass is 79.9. The normalized spacial score (nSPS) is 12.7. The molecule has 0 aromatic heterocycles. The van der Waals surface area contributed by atoms with Gasteiger partial charge in [-0.3, -0.25) is 14.9 Å². The zero-order valence-electron chi connectivity index (χ0n) is 17.6. The van der Waals surface area contributed by atoms with Crippen LogP contribution < -0.4 is 20.7 Å². The molecule has 0 aliphatic heterocycles. The molecule has 2 amide bonds. The molecule has 164 valence electrons. The standard InChI is InChI=1S/C23H26BrN3O3S/c1-3-4-11-30-20-10-8-16(12-18(20)24)22(29)27-23(31)25-17-9-5-14(2)19(13-17)26-21(28)15-6-7-15/h5,8-10,12-13,15H,3-4,6-7,11H2,1-2H3,(H,26,28)(H2,25,27,29,31). The Kier molecular flexibility index (Phi) is 8.03. The third-order valence-electron chi connectivity index (χ3n) is 4.88. The van der Waals surface area contributed by atoms with Gasteiger partial charge in [-0.15, -0.1) is 0 Å². The van der Waals surface area contributed by atoms with Crippen LogP contribution in [0, 0.1) is 12.8 Å². The smallest absolute Gasteiger partial charge is 0.257 e. The van der Waals surface area contributed by atoms with Gasteiger partial charge in [-0.05, 0) is 90.2 Å². The summed E-state index contributed by atoms with van der Waals surface area (Å²) in [6, 6.07) is 10.7. The van der Waals surface area contributed by atoms with Gasteiger partial charge in [0.05, 0.1) is 11.1 Å². The third-order valence-corrected chi connectivity index (χ3v) is 5.70. The molecule has 1 aliphatic carbocycles. The Morgan fingerprint density at radius 2 is 1.94 bits per heavy atom. The highest BCUT2D eigenvalue weighted by molar-refractivity contribution is 9.10. The van der Waals surface area contributed by atoms with E-state index in [4.69, 9.17) is 17.0 Å². The molecular weight excluding hydrogens is 478 g/mol. The topological polar surface area (TPSA) is 79.5 Å². The van der Waals surface area contributed by atoms with Gasteiger partial charge in [0.1, 0.15) is 5.75 Å². The van der Waals surface area contributed by atoms with Crippen molar-refractivity contribution < 1.29 is 14.3 Å². The number of hydrogen-bond acceptors (Lipinski definition) is 4. The van der Waals surface area contributed by atoms with Gasteiger partial charge >= 0.3 is 0 Å². The summed E-state index contributed by atoms with van der Waals surface area (Å²) in [5.74, 6) is 0.543. The van der Waals surface area contributed by atoms with Crippen molar-refractivity contribution in [2.75, 3.05) is 17.2 Å². The number of hydrogen-bond donors (Lipinski definition) is 3. The van der Waals surface area contributed by atoms with Crippen LogP contribution in [0.5, 0.6) is 5.75 Å². The lowest BCUT2D eigenvalue weighted by Crippen LogP contribution is -2.34. The molecule has 0 saturated heterocycles. The quantitative estimate of drug-likeness (QED) is 0.331. The van der Waals surface area contributed by atoms with E-state index in [-0.39, 0.29) is 22.8 Å². The number of thiocarbonyl (C=S) groups is 1. The molecule has 0 spiro atoms. The summed E-state index contributed by atoms with van der Waals surface area (Å²) in [5.41, 5.74) is 2.84. The fraction of sp³-hybridized carbons (Fsp3) is 0.348. The van der Waals surface area contributed by atoms with Crippen molar-refractivity contribution in [3.63, 3.8) is 0 Å². The maximum atomic E-state index is 12.6. The molecule has 8 heteroatoms. The number of anilines is 2. The number of unbranched alkanes of at least 4 members (excludes halogenated alkanes) is 1. The molecule has 0 bridgehead atoms. The van der Waals surface area contributed by atoms with E-state index in [9.17, 15) is 9.59 Å². The molecule has 2 aromatic rings. The van der Waals surface area contributed by atoms with Crippen molar-refractivity contribution in [1.29, 1.82) is 0 Å². The molecule has 6 nitrogen and oxygen atoms in total. The lowest BCUT2D eigenvalue weighted by atomic mass is 10.1. The van der Waals surface area contributed by atoms with E-state index in [0.29, 0.717) is 28.1 Å². The highest BCUT2D eigenvalue weighted by Gasteiger charge is 2.29. The minimum absolute atomic E-state index is 0.0452. The van der Waals surface area contributed by atoms with E-state index in [1.165, 1.54) is 0 Å². The summed E-state index contributed by atoms with van der Waals surface area (Å²) >= 11 is 8.74. The van der Waals surface area contributed by atoms with Crippen LogP contribution in [0.1, 0.15) is 48.5 Å². The van der Waals surface area contributed by atoms with E-state index >= 15 is 0 Å². The average Bonchev–Trinajstić information content (AvgIpc) is 3.57. The lowest BCUT2D eigenvalue weighted by molar-refractivity contribution is -0.117. The summed E-state index contributed by atoms with van der Waals surface area (Å²) in [4.78, 5) is 24.6. The summed E-state index contributed by atoms with van der Waals surface area (Å²) < 4.78 is 6.40. The number of benzene rings is 2. The first-order valence-electron chi connectivity index (χ1n) is 10.3. The van der Waals surface area contributed by atoms with Gasteiger partial charge in [0.25, 0.3) is 5.91 Å². The van der Waals surface area contributed by atoms with Crippen LogP contribution >= 0.6 is 28.1 Å². The summed E-state index contributed by atoms with van der Waals surface area (Å²) in [6.07, 6.45) is 3.92. The minimum atomic E-state index is -0.326. The summed E-state index contributed by atoms with van der Waals surface area (Å²) in [5, 5.41) is 8.81. The Morgan fingerprint density at radius 1 is 1.16 bits per heavy atom. The van der Waals surface area contributed by atoms with Crippen LogP contribution in [0.3, 0.4) is 0 Å². The molecule has 1 fully saturated rings. The Morgan fingerprint density at radius 3 is 2.61 bits per heavy atom. The Labute approximate surface area is 196 Å². The highest BCUT2D eigenvalue weighted by Crippen LogP contribution is 2.31. The maximum absolute atomic E-state index is 12.6. The van der Waals surface area contributed by atoms with Gasteiger partial charge in [-0.2, -0.15) is 0 Å². The van der Waals surface area contributed by atoms with Gasteiger partial charge in [-0.1, -0.05) is 19.4 Å². The zero-order chi connectivity index (χ0) is 22.4. The third kappa shape index (κ3) is 6.77. The van der Waals surface area contributed by atoms with Crippen molar-refractivity contribution in [2.45, 2.75) is 39.5 Å².